The van der Waals surface area contributed by atoms with E-state index in [4.69, 9.17) is 0 Å². The van der Waals surface area contributed by atoms with Crippen LogP contribution in [0.3, 0.4) is 0 Å². The number of sulfonamides is 1. The van der Waals surface area contributed by atoms with Gasteiger partial charge in [0.1, 0.15) is 4.90 Å². The molecule has 1 heterocycles. The highest BCUT2D eigenvalue weighted by atomic mass is 32.2. The minimum atomic E-state index is -3.54. The quantitative estimate of drug-likeness (QED) is 0.900. The number of rotatable bonds is 3. The van der Waals surface area contributed by atoms with E-state index < -0.39 is 10.0 Å². The molecule has 1 aromatic heterocycles. The third-order valence-corrected chi connectivity index (χ3v) is 7.56. The van der Waals surface area contributed by atoms with E-state index in [9.17, 15) is 8.42 Å². The van der Waals surface area contributed by atoms with Crippen LogP contribution in [0.25, 0.3) is 0 Å². The predicted octanol–water partition coefficient (Wildman–Crippen LogP) is 2.52. The van der Waals surface area contributed by atoms with Gasteiger partial charge in [0, 0.05) is 6.04 Å². The molecule has 2 N–H and O–H groups in total. The van der Waals surface area contributed by atoms with Crippen LogP contribution in [-0.4, -0.2) is 24.7 Å². The van der Waals surface area contributed by atoms with E-state index in [-0.39, 0.29) is 16.9 Å². The Hall–Kier alpha value is -0.880. The zero-order chi connectivity index (χ0) is 15.6. The summed E-state index contributed by atoms with van der Waals surface area (Å²) in [4.78, 5) is 0.310. The van der Waals surface area contributed by atoms with Crippen molar-refractivity contribution in [2.45, 2.75) is 64.8 Å². The average molecular weight is 311 g/mol. The molecule has 2 saturated carbocycles. The van der Waals surface area contributed by atoms with Crippen molar-refractivity contribution in [3.8, 4) is 0 Å². The number of hydrogen-bond donors (Lipinski definition) is 2. The molecule has 5 nitrogen and oxygen atoms in total. The molecule has 0 aromatic carbocycles. The van der Waals surface area contributed by atoms with Crippen LogP contribution in [0.15, 0.2) is 4.90 Å². The van der Waals surface area contributed by atoms with Gasteiger partial charge in [-0.3, -0.25) is 5.10 Å². The zero-order valence-corrected chi connectivity index (χ0v) is 14.3. The number of aromatic nitrogens is 2. The van der Waals surface area contributed by atoms with Crippen molar-refractivity contribution in [3.05, 3.63) is 11.4 Å². The van der Waals surface area contributed by atoms with Gasteiger partial charge in [-0.15, -0.1) is 0 Å². The van der Waals surface area contributed by atoms with E-state index in [0.29, 0.717) is 22.2 Å². The van der Waals surface area contributed by atoms with Gasteiger partial charge in [0.25, 0.3) is 0 Å². The van der Waals surface area contributed by atoms with E-state index in [1.54, 1.807) is 13.8 Å². The molecule has 6 heteroatoms. The number of fused-ring (bicyclic) bond motifs is 2. The molecular weight excluding hydrogens is 286 g/mol. The van der Waals surface area contributed by atoms with Gasteiger partial charge in [-0.25, -0.2) is 13.1 Å². The van der Waals surface area contributed by atoms with Crippen LogP contribution in [0.2, 0.25) is 0 Å². The highest BCUT2D eigenvalue weighted by Gasteiger charge is 2.60. The van der Waals surface area contributed by atoms with Gasteiger partial charge >= 0.3 is 0 Å². The molecule has 0 amide bonds. The van der Waals surface area contributed by atoms with Crippen LogP contribution >= 0.6 is 0 Å². The highest BCUT2D eigenvalue weighted by Crippen LogP contribution is 2.62. The first-order valence-corrected chi connectivity index (χ1v) is 9.10. The number of nitrogens with one attached hydrogen (secondary N) is 2. The second-order valence-corrected chi connectivity index (χ2v) is 9.38. The normalized spacial score (nSPS) is 34.5. The fourth-order valence-corrected chi connectivity index (χ4v) is 6.65. The lowest BCUT2D eigenvalue weighted by Gasteiger charge is -2.42. The lowest BCUT2D eigenvalue weighted by molar-refractivity contribution is 0.127. The molecule has 0 radical (unpaired) electrons. The molecule has 21 heavy (non-hydrogen) atoms. The maximum atomic E-state index is 12.8. The molecule has 0 aliphatic heterocycles. The van der Waals surface area contributed by atoms with E-state index in [1.165, 1.54) is 6.42 Å². The lowest BCUT2D eigenvalue weighted by atomic mass is 9.69. The standard InChI is InChI=1S/C15H25N3O2S/c1-9-12(10(2)17-16-9)21(19,20)18-13-14(3,4)11-6-7-15(13,5)8-11/h11,13,18H,6-8H2,1-5H3,(H,16,17). The molecule has 3 atom stereocenters. The fourth-order valence-electron chi connectivity index (χ4n) is 4.75. The topological polar surface area (TPSA) is 74.8 Å². The molecule has 3 unspecified atom stereocenters. The summed E-state index contributed by atoms with van der Waals surface area (Å²) in [6.45, 7) is 10.1. The lowest BCUT2D eigenvalue weighted by Crippen LogP contribution is -2.52. The van der Waals surface area contributed by atoms with Gasteiger partial charge in [-0.05, 0) is 49.9 Å². The van der Waals surface area contributed by atoms with Crippen LogP contribution in [0.1, 0.15) is 51.4 Å². The summed E-state index contributed by atoms with van der Waals surface area (Å²) < 4.78 is 28.7. The maximum absolute atomic E-state index is 12.8. The second kappa shape index (κ2) is 4.32. The van der Waals surface area contributed by atoms with Crippen LogP contribution in [0.5, 0.6) is 0 Å². The zero-order valence-electron chi connectivity index (χ0n) is 13.4. The number of nitrogens with zero attached hydrogens (tertiary/aromatic N) is 1. The Morgan fingerprint density at radius 1 is 1.29 bits per heavy atom. The molecule has 0 spiro atoms. The Morgan fingerprint density at radius 3 is 2.43 bits per heavy atom. The summed E-state index contributed by atoms with van der Waals surface area (Å²) in [6, 6.07) is -0.0116. The Balaban J connectivity index is 1.97. The highest BCUT2D eigenvalue weighted by molar-refractivity contribution is 7.89. The van der Waals surface area contributed by atoms with Crippen molar-refractivity contribution in [3.63, 3.8) is 0 Å². The van der Waals surface area contributed by atoms with Crippen LogP contribution in [0, 0.1) is 30.6 Å². The summed E-state index contributed by atoms with van der Waals surface area (Å²) in [7, 11) is -3.54. The van der Waals surface area contributed by atoms with Gasteiger partial charge in [0.15, 0.2) is 0 Å². The van der Waals surface area contributed by atoms with Crippen molar-refractivity contribution in [2.75, 3.05) is 0 Å². The van der Waals surface area contributed by atoms with Crippen molar-refractivity contribution < 1.29 is 8.42 Å². The number of H-pyrrole nitrogens is 1. The van der Waals surface area contributed by atoms with Crippen LogP contribution in [0.4, 0.5) is 0 Å². The van der Waals surface area contributed by atoms with Crippen LogP contribution in [-0.2, 0) is 10.0 Å². The molecule has 2 aliphatic rings. The number of aromatic amines is 1. The molecule has 0 saturated heterocycles. The Bertz CT molecular complexity index is 653. The van der Waals surface area contributed by atoms with E-state index in [0.717, 1.165) is 12.8 Å². The van der Waals surface area contributed by atoms with Gasteiger partial charge in [-0.1, -0.05) is 20.8 Å². The molecule has 1 aromatic rings. The van der Waals surface area contributed by atoms with Gasteiger partial charge < -0.3 is 0 Å². The summed E-state index contributed by atoms with van der Waals surface area (Å²) in [5.41, 5.74) is 1.22. The molecule has 118 valence electrons. The largest absolute Gasteiger partial charge is 0.281 e. The van der Waals surface area contributed by atoms with Gasteiger partial charge in [0.05, 0.1) is 11.4 Å². The van der Waals surface area contributed by atoms with Gasteiger partial charge in [-0.2, -0.15) is 5.10 Å². The third kappa shape index (κ3) is 2.06. The average Bonchev–Trinajstić information content (AvgIpc) is 2.95. The molecule has 3 rings (SSSR count). The number of aryl methyl sites for hydroxylation is 2. The monoisotopic (exact) mass is 311 g/mol. The van der Waals surface area contributed by atoms with Crippen LogP contribution < -0.4 is 4.72 Å². The molecular formula is C15H25N3O2S. The smallest absolute Gasteiger partial charge is 0.244 e. The minimum absolute atomic E-state index is 0.00557. The maximum Gasteiger partial charge on any atom is 0.244 e. The Kier molecular flexibility index (Phi) is 3.09. The molecule has 2 bridgehead atoms. The first-order valence-electron chi connectivity index (χ1n) is 7.62. The summed E-state index contributed by atoms with van der Waals surface area (Å²) in [5.74, 6) is 0.613. The van der Waals surface area contributed by atoms with Crippen molar-refractivity contribution in [1.82, 2.24) is 14.9 Å². The first-order chi connectivity index (χ1) is 9.58. The van der Waals surface area contributed by atoms with Crippen molar-refractivity contribution >= 4 is 10.0 Å². The summed E-state index contributed by atoms with van der Waals surface area (Å²) >= 11 is 0. The van der Waals surface area contributed by atoms with Crippen molar-refractivity contribution in [2.24, 2.45) is 16.7 Å². The van der Waals surface area contributed by atoms with E-state index in [2.05, 4.69) is 35.7 Å². The second-order valence-electron chi connectivity index (χ2n) is 7.73. The van der Waals surface area contributed by atoms with Gasteiger partial charge in [0.2, 0.25) is 10.0 Å². The third-order valence-electron chi connectivity index (χ3n) is 5.87. The summed E-state index contributed by atoms with van der Waals surface area (Å²) in [6.07, 6.45) is 3.44. The summed E-state index contributed by atoms with van der Waals surface area (Å²) in [5, 5.41) is 6.78. The van der Waals surface area contributed by atoms with E-state index in [1.807, 2.05) is 0 Å². The fraction of sp³-hybridized carbons (Fsp3) is 0.800. The van der Waals surface area contributed by atoms with Crippen molar-refractivity contribution in [1.29, 1.82) is 0 Å². The minimum Gasteiger partial charge on any atom is -0.281 e. The predicted molar refractivity (Wildman–Crippen MR) is 81.4 cm³/mol. The SMILES string of the molecule is Cc1n[nH]c(C)c1S(=O)(=O)NC1C2(C)CCC(C2)C1(C)C. The first kappa shape index (κ1) is 15.0. The Morgan fingerprint density at radius 2 is 1.95 bits per heavy atom. The molecule has 2 fully saturated rings. The van der Waals surface area contributed by atoms with E-state index >= 15 is 0 Å². The molecule has 2 aliphatic carbocycles. The Labute approximate surface area is 127 Å². The number of hydrogen-bond acceptors (Lipinski definition) is 3.